The predicted octanol–water partition coefficient (Wildman–Crippen LogP) is 1.92. The minimum atomic E-state index is -0.253. The maximum absolute atomic E-state index is 12.2. The Morgan fingerprint density at radius 2 is 2.39 bits per heavy atom. The van der Waals surface area contributed by atoms with E-state index in [0.29, 0.717) is 12.3 Å². The number of halogens is 1. The maximum Gasteiger partial charge on any atom is 0.274 e. The number of nitrogens with zero attached hydrogens (tertiary/aromatic N) is 1. The highest BCUT2D eigenvalue weighted by atomic mass is 79.9. The van der Waals surface area contributed by atoms with Crippen molar-refractivity contribution >= 4 is 27.5 Å². The van der Waals surface area contributed by atoms with Crippen LogP contribution in [0.3, 0.4) is 0 Å². The molecule has 1 fully saturated rings. The van der Waals surface area contributed by atoms with Crippen molar-refractivity contribution in [2.24, 2.45) is 0 Å². The van der Waals surface area contributed by atoms with Crippen molar-refractivity contribution in [1.29, 1.82) is 0 Å². The van der Waals surface area contributed by atoms with Crippen molar-refractivity contribution in [1.82, 2.24) is 4.57 Å². The lowest BCUT2D eigenvalue weighted by atomic mass is 10.1. The van der Waals surface area contributed by atoms with Crippen LogP contribution in [0.1, 0.15) is 25.8 Å². The molecule has 5 nitrogen and oxygen atoms in total. The maximum atomic E-state index is 12.2. The number of amides is 1. The first-order chi connectivity index (χ1) is 8.58. The third-order valence-electron chi connectivity index (χ3n) is 2.85. The standard InChI is InChI=1S/C12H15BrN2O3/c1-8(16)14-11-5-9(13)6-15(12(11)17)10-3-2-4-18-7-10/h5-6,10H,2-4,7H2,1H3,(H,14,16). The van der Waals surface area contributed by atoms with Gasteiger partial charge in [-0.2, -0.15) is 0 Å². The molecule has 1 aromatic rings. The van der Waals surface area contributed by atoms with E-state index in [1.54, 1.807) is 16.8 Å². The van der Waals surface area contributed by atoms with Crippen LogP contribution in [0.25, 0.3) is 0 Å². The molecule has 6 heteroatoms. The number of hydrogen-bond acceptors (Lipinski definition) is 3. The van der Waals surface area contributed by atoms with Crippen LogP contribution < -0.4 is 10.9 Å². The highest BCUT2D eigenvalue weighted by Gasteiger charge is 2.18. The molecular weight excluding hydrogens is 300 g/mol. The molecule has 1 aliphatic rings. The molecule has 1 amide bonds. The molecule has 1 saturated heterocycles. The van der Waals surface area contributed by atoms with Crippen LogP contribution in [0.2, 0.25) is 0 Å². The fraction of sp³-hybridized carbons (Fsp3) is 0.500. The van der Waals surface area contributed by atoms with Gasteiger partial charge in [-0.1, -0.05) is 0 Å². The molecule has 18 heavy (non-hydrogen) atoms. The third kappa shape index (κ3) is 3.00. The van der Waals surface area contributed by atoms with Crippen LogP contribution in [0.15, 0.2) is 21.5 Å². The SMILES string of the molecule is CC(=O)Nc1cc(Br)cn(C2CCCOC2)c1=O. The summed E-state index contributed by atoms with van der Waals surface area (Å²) in [5.74, 6) is -0.253. The van der Waals surface area contributed by atoms with E-state index >= 15 is 0 Å². The number of rotatable bonds is 2. The first-order valence-corrected chi connectivity index (χ1v) is 6.64. The number of pyridine rings is 1. The zero-order chi connectivity index (χ0) is 13.1. The zero-order valence-corrected chi connectivity index (χ0v) is 11.7. The van der Waals surface area contributed by atoms with Gasteiger partial charge in [-0.05, 0) is 34.8 Å². The second-order valence-electron chi connectivity index (χ2n) is 4.34. The van der Waals surface area contributed by atoms with E-state index in [0.717, 1.165) is 23.9 Å². The van der Waals surface area contributed by atoms with E-state index in [1.807, 2.05) is 0 Å². The van der Waals surface area contributed by atoms with Crippen molar-refractivity contribution in [3.63, 3.8) is 0 Å². The van der Waals surface area contributed by atoms with Crippen LogP contribution in [0.4, 0.5) is 5.69 Å². The van der Waals surface area contributed by atoms with Gasteiger partial charge in [0.2, 0.25) is 5.91 Å². The number of nitrogens with one attached hydrogen (secondary N) is 1. The van der Waals surface area contributed by atoms with Crippen LogP contribution in [-0.4, -0.2) is 23.7 Å². The fourth-order valence-corrected chi connectivity index (χ4v) is 2.51. The molecule has 0 saturated carbocycles. The lowest BCUT2D eigenvalue weighted by molar-refractivity contribution is -0.114. The Balaban J connectivity index is 2.37. The molecule has 0 bridgehead atoms. The van der Waals surface area contributed by atoms with Crippen molar-refractivity contribution in [2.45, 2.75) is 25.8 Å². The zero-order valence-electron chi connectivity index (χ0n) is 10.1. The van der Waals surface area contributed by atoms with Gasteiger partial charge in [0.1, 0.15) is 5.69 Å². The molecule has 2 rings (SSSR count). The number of carbonyl (C=O) groups excluding carboxylic acids is 1. The Bertz CT molecular complexity index is 507. The molecule has 1 atom stereocenters. The summed E-state index contributed by atoms with van der Waals surface area (Å²) in [4.78, 5) is 23.3. The van der Waals surface area contributed by atoms with Gasteiger partial charge in [-0.3, -0.25) is 9.59 Å². The molecule has 1 N–H and O–H groups in total. The molecule has 0 aliphatic carbocycles. The van der Waals surface area contributed by atoms with E-state index in [2.05, 4.69) is 21.2 Å². The summed E-state index contributed by atoms with van der Waals surface area (Å²) in [6.45, 7) is 2.67. The number of hydrogen-bond donors (Lipinski definition) is 1. The van der Waals surface area contributed by atoms with Gasteiger partial charge in [0.15, 0.2) is 0 Å². The summed E-state index contributed by atoms with van der Waals surface area (Å²) >= 11 is 3.35. The Labute approximate surface area is 113 Å². The lowest BCUT2D eigenvalue weighted by Gasteiger charge is -2.24. The van der Waals surface area contributed by atoms with Gasteiger partial charge in [-0.25, -0.2) is 0 Å². The fourth-order valence-electron chi connectivity index (χ4n) is 2.06. The summed E-state index contributed by atoms with van der Waals surface area (Å²) in [6.07, 6.45) is 3.60. The second kappa shape index (κ2) is 5.67. The van der Waals surface area contributed by atoms with Crippen LogP contribution in [0, 0.1) is 0 Å². The number of ether oxygens (including phenoxy) is 1. The predicted molar refractivity (Wildman–Crippen MR) is 71.8 cm³/mol. The van der Waals surface area contributed by atoms with E-state index in [-0.39, 0.29) is 17.5 Å². The summed E-state index contributed by atoms with van der Waals surface area (Å²) in [7, 11) is 0. The minimum Gasteiger partial charge on any atom is -0.379 e. The van der Waals surface area contributed by atoms with Crippen LogP contribution in [-0.2, 0) is 9.53 Å². The Morgan fingerprint density at radius 1 is 1.61 bits per heavy atom. The molecule has 1 unspecified atom stereocenters. The summed E-state index contributed by atoms with van der Waals surface area (Å²) in [6, 6.07) is 1.65. The van der Waals surface area contributed by atoms with Crippen molar-refractivity contribution in [3.8, 4) is 0 Å². The Morgan fingerprint density at radius 3 is 3.00 bits per heavy atom. The Kier molecular flexibility index (Phi) is 4.19. The van der Waals surface area contributed by atoms with E-state index < -0.39 is 0 Å². The molecule has 1 aliphatic heterocycles. The summed E-state index contributed by atoms with van der Waals surface area (Å²) in [5.41, 5.74) is 0.103. The molecule has 2 heterocycles. The van der Waals surface area contributed by atoms with Gasteiger partial charge in [-0.15, -0.1) is 0 Å². The van der Waals surface area contributed by atoms with Gasteiger partial charge in [0, 0.05) is 24.2 Å². The number of anilines is 1. The summed E-state index contributed by atoms with van der Waals surface area (Å²) in [5, 5.41) is 2.55. The van der Waals surface area contributed by atoms with Gasteiger partial charge >= 0.3 is 0 Å². The van der Waals surface area contributed by atoms with Crippen molar-refractivity contribution in [2.75, 3.05) is 18.5 Å². The van der Waals surface area contributed by atoms with E-state index in [4.69, 9.17) is 4.74 Å². The molecule has 0 aromatic carbocycles. The van der Waals surface area contributed by atoms with Crippen molar-refractivity contribution < 1.29 is 9.53 Å². The normalized spacial score (nSPS) is 19.6. The highest BCUT2D eigenvalue weighted by molar-refractivity contribution is 9.10. The smallest absolute Gasteiger partial charge is 0.274 e. The molecule has 1 aromatic heterocycles. The average Bonchev–Trinajstić information content (AvgIpc) is 2.34. The Hall–Kier alpha value is -1.14. The largest absolute Gasteiger partial charge is 0.379 e. The topological polar surface area (TPSA) is 60.3 Å². The monoisotopic (exact) mass is 314 g/mol. The first-order valence-electron chi connectivity index (χ1n) is 5.85. The van der Waals surface area contributed by atoms with Gasteiger partial charge in [0.25, 0.3) is 5.56 Å². The van der Waals surface area contributed by atoms with E-state index in [1.165, 1.54) is 6.92 Å². The van der Waals surface area contributed by atoms with Gasteiger partial charge < -0.3 is 14.6 Å². The summed E-state index contributed by atoms with van der Waals surface area (Å²) < 4.78 is 7.78. The second-order valence-corrected chi connectivity index (χ2v) is 5.25. The molecular formula is C12H15BrN2O3. The van der Waals surface area contributed by atoms with Crippen LogP contribution >= 0.6 is 15.9 Å². The first kappa shape index (κ1) is 13.3. The van der Waals surface area contributed by atoms with Crippen molar-refractivity contribution in [3.05, 3.63) is 27.1 Å². The average molecular weight is 315 g/mol. The quantitative estimate of drug-likeness (QED) is 0.907. The van der Waals surface area contributed by atoms with Crippen LogP contribution in [0.5, 0.6) is 0 Å². The molecule has 0 spiro atoms. The molecule has 0 radical (unpaired) electrons. The highest BCUT2D eigenvalue weighted by Crippen LogP contribution is 2.21. The van der Waals surface area contributed by atoms with Gasteiger partial charge in [0.05, 0.1) is 12.6 Å². The third-order valence-corrected chi connectivity index (χ3v) is 3.28. The van der Waals surface area contributed by atoms with E-state index in [9.17, 15) is 9.59 Å². The minimum absolute atomic E-state index is 0.0382. The lowest BCUT2D eigenvalue weighted by Crippen LogP contribution is -2.32. The number of aromatic nitrogens is 1. The molecule has 98 valence electrons. The number of carbonyl (C=O) groups is 1.